The van der Waals surface area contributed by atoms with Crippen molar-refractivity contribution in [1.29, 1.82) is 0 Å². The Bertz CT molecular complexity index is 531. The zero-order valence-electron chi connectivity index (χ0n) is 13.6. The molecule has 2 rings (SSSR count). The Morgan fingerprint density at radius 3 is 2.55 bits per heavy atom. The van der Waals surface area contributed by atoms with E-state index in [4.69, 9.17) is 9.47 Å². The summed E-state index contributed by atoms with van der Waals surface area (Å²) in [4.78, 5) is 12.0. The number of carbonyl (C=O) groups is 1. The van der Waals surface area contributed by atoms with Crippen LogP contribution in [0.5, 0.6) is 11.5 Å². The lowest BCUT2D eigenvalue weighted by molar-refractivity contribution is -0.117. The summed E-state index contributed by atoms with van der Waals surface area (Å²) in [5.41, 5.74) is 0.857. The van der Waals surface area contributed by atoms with Gasteiger partial charge >= 0.3 is 0 Å². The molecule has 1 aromatic carbocycles. The van der Waals surface area contributed by atoms with E-state index in [9.17, 15) is 4.79 Å². The number of nitrogens with one attached hydrogen (secondary N) is 1. The topological polar surface area (TPSA) is 47.6 Å². The van der Waals surface area contributed by atoms with E-state index in [-0.39, 0.29) is 5.91 Å². The van der Waals surface area contributed by atoms with E-state index >= 15 is 0 Å². The van der Waals surface area contributed by atoms with Gasteiger partial charge in [-0.1, -0.05) is 6.92 Å². The molecule has 1 N–H and O–H groups in total. The highest BCUT2D eigenvalue weighted by atomic mass is 16.5. The summed E-state index contributed by atoms with van der Waals surface area (Å²) in [6, 6.07) is 5.85. The van der Waals surface area contributed by atoms with Crippen molar-refractivity contribution >= 4 is 12.0 Å². The highest BCUT2D eigenvalue weighted by Gasteiger charge is 2.18. The number of amides is 1. The van der Waals surface area contributed by atoms with Crippen LogP contribution in [0, 0.1) is 5.92 Å². The lowest BCUT2D eigenvalue weighted by Gasteiger charge is -2.26. The number of methoxy groups -OCH3 is 2. The predicted molar refractivity (Wildman–Crippen MR) is 88.1 cm³/mol. The Morgan fingerprint density at radius 1 is 1.18 bits per heavy atom. The largest absolute Gasteiger partial charge is 0.497 e. The SMILES string of the molecule is COc1ccc(/C=C/C(=O)NC2CCC(C)CC2)c(OC)c1. The van der Waals surface area contributed by atoms with Gasteiger partial charge in [-0.3, -0.25) is 4.79 Å². The third kappa shape index (κ3) is 4.52. The van der Waals surface area contributed by atoms with Crippen LogP contribution in [0.25, 0.3) is 6.08 Å². The number of ether oxygens (including phenoxy) is 2. The van der Waals surface area contributed by atoms with Gasteiger partial charge in [0.05, 0.1) is 14.2 Å². The number of benzene rings is 1. The van der Waals surface area contributed by atoms with Gasteiger partial charge in [0.2, 0.25) is 5.91 Å². The minimum Gasteiger partial charge on any atom is -0.497 e. The fourth-order valence-corrected chi connectivity index (χ4v) is 2.78. The summed E-state index contributed by atoms with van der Waals surface area (Å²) in [5.74, 6) is 2.16. The maximum atomic E-state index is 12.0. The number of rotatable bonds is 5. The van der Waals surface area contributed by atoms with Crippen LogP contribution in [0.2, 0.25) is 0 Å². The zero-order chi connectivity index (χ0) is 15.9. The van der Waals surface area contributed by atoms with Crippen LogP contribution < -0.4 is 14.8 Å². The van der Waals surface area contributed by atoms with E-state index in [1.807, 2.05) is 12.1 Å². The second-order valence-corrected chi connectivity index (χ2v) is 5.91. The van der Waals surface area contributed by atoms with Crippen molar-refractivity contribution in [2.75, 3.05) is 14.2 Å². The molecule has 0 unspecified atom stereocenters. The van der Waals surface area contributed by atoms with Crippen LogP contribution >= 0.6 is 0 Å². The van der Waals surface area contributed by atoms with Crippen LogP contribution in [-0.4, -0.2) is 26.2 Å². The summed E-state index contributed by atoms with van der Waals surface area (Å²) < 4.78 is 10.5. The Labute approximate surface area is 132 Å². The van der Waals surface area contributed by atoms with Crippen molar-refractivity contribution in [3.63, 3.8) is 0 Å². The van der Waals surface area contributed by atoms with Gasteiger partial charge in [0.1, 0.15) is 11.5 Å². The van der Waals surface area contributed by atoms with Crippen LogP contribution in [0.4, 0.5) is 0 Å². The van der Waals surface area contributed by atoms with Gasteiger partial charge in [-0.25, -0.2) is 0 Å². The average Bonchev–Trinajstić information content (AvgIpc) is 2.55. The Hall–Kier alpha value is -1.97. The molecule has 1 aromatic rings. The minimum atomic E-state index is -0.0441. The van der Waals surface area contributed by atoms with E-state index in [2.05, 4.69) is 12.2 Å². The van der Waals surface area contributed by atoms with Crippen LogP contribution in [-0.2, 0) is 4.79 Å². The van der Waals surface area contributed by atoms with Gasteiger partial charge in [0.25, 0.3) is 0 Å². The molecule has 0 saturated heterocycles. The van der Waals surface area contributed by atoms with E-state index in [1.165, 1.54) is 12.8 Å². The monoisotopic (exact) mass is 303 g/mol. The first-order valence-corrected chi connectivity index (χ1v) is 7.83. The van der Waals surface area contributed by atoms with E-state index in [1.54, 1.807) is 32.4 Å². The summed E-state index contributed by atoms with van der Waals surface area (Å²) >= 11 is 0. The van der Waals surface area contributed by atoms with Gasteiger partial charge in [-0.2, -0.15) is 0 Å². The molecule has 0 atom stereocenters. The first-order chi connectivity index (χ1) is 10.6. The van der Waals surface area contributed by atoms with Crippen molar-refractivity contribution in [3.8, 4) is 11.5 Å². The van der Waals surface area contributed by atoms with E-state index < -0.39 is 0 Å². The van der Waals surface area contributed by atoms with Crippen molar-refractivity contribution in [1.82, 2.24) is 5.32 Å². The maximum Gasteiger partial charge on any atom is 0.244 e. The summed E-state index contributed by atoms with van der Waals surface area (Å²) in [6.07, 6.45) is 7.89. The molecule has 0 heterocycles. The molecule has 1 aliphatic carbocycles. The average molecular weight is 303 g/mol. The fourth-order valence-electron chi connectivity index (χ4n) is 2.78. The van der Waals surface area contributed by atoms with Crippen molar-refractivity contribution < 1.29 is 14.3 Å². The van der Waals surface area contributed by atoms with Crippen LogP contribution in [0.15, 0.2) is 24.3 Å². The van der Waals surface area contributed by atoms with Crippen LogP contribution in [0.3, 0.4) is 0 Å². The third-order valence-corrected chi connectivity index (χ3v) is 4.22. The second kappa shape index (κ2) is 7.87. The van der Waals surface area contributed by atoms with Crippen molar-refractivity contribution in [3.05, 3.63) is 29.8 Å². The molecule has 1 aliphatic rings. The van der Waals surface area contributed by atoms with Crippen LogP contribution in [0.1, 0.15) is 38.2 Å². The molecule has 4 heteroatoms. The highest BCUT2D eigenvalue weighted by Crippen LogP contribution is 2.26. The number of hydrogen-bond donors (Lipinski definition) is 1. The van der Waals surface area contributed by atoms with Gasteiger partial charge in [0, 0.05) is 23.7 Å². The molecule has 1 amide bonds. The molecule has 0 spiro atoms. The molecular weight excluding hydrogens is 278 g/mol. The first-order valence-electron chi connectivity index (χ1n) is 7.83. The van der Waals surface area contributed by atoms with Gasteiger partial charge in [-0.15, -0.1) is 0 Å². The van der Waals surface area contributed by atoms with E-state index in [0.29, 0.717) is 11.8 Å². The molecule has 0 aliphatic heterocycles. The molecule has 22 heavy (non-hydrogen) atoms. The fraction of sp³-hybridized carbons (Fsp3) is 0.500. The van der Waals surface area contributed by atoms with E-state index in [0.717, 1.165) is 30.1 Å². The highest BCUT2D eigenvalue weighted by molar-refractivity contribution is 5.92. The molecule has 1 fully saturated rings. The Morgan fingerprint density at radius 2 is 1.91 bits per heavy atom. The summed E-state index contributed by atoms with van der Waals surface area (Å²) in [7, 11) is 3.22. The molecule has 0 radical (unpaired) electrons. The summed E-state index contributed by atoms with van der Waals surface area (Å²) in [6.45, 7) is 2.27. The minimum absolute atomic E-state index is 0.0441. The molecule has 120 valence electrons. The maximum absolute atomic E-state index is 12.0. The molecular formula is C18H25NO3. The smallest absolute Gasteiger partial charge is 0.244 e. The Kier molecular flexibility index (Phi) is 5.87. The van der Waals surface area contributed by atoms with Gasteiger partial charge in [0.15, 0.2) is 0 Å². The number of carbonyl (C=O) groups excluding carboxylic acids is 1. The normalized spacial score (nSPS) is 21.6. The van der Waals surface area contributed by atoms with Crippen molar-refractivity contribution in [2.24, 2.45) is 5.92 Å². The Balaban J connectivity index is 1.94. The molecule has 4 nitrogen and oxygen atoms in total. The molecule has 1 saturated carbocycles. The van der Waals surface area contributed by atoms with Gasteiger partial charge < -0.3 is 14.8 Å². The second-order valence-electron chi connectivity index (χ2n) is 5.91. The molecule has 0 aromatic heterocycles. The lowest BCUT2D eigenvalue weighted by atomic mass is 9.87. The summed E-state index contributed by atoms with van der Waals surface area (Å²) in [5, 5.41) is 3.08. The van der Waals surface area contributed by atoms with Crippen molar-refractivity contribution in [2.45, 2.75) is 38.6 Å². The zero-order valence-corrected chi connectivity index (χ0v) is 13.6. The third-order valence-electron chi connectivity index (χ3n) is 4.22. The quantitative estimate of drug-likeness (QED) is 0.848. The molecule has 0 bridgehead atoms. The number of hydrogen-bond acceptors (Lipinski definition) is 3. The lowest BCUT2D eigenvalue weighted by Crippen LogP contribution is -2.36. The standard InChI is InChI=1S/C18H25NO3/c1-13-4-8-15(9-5-13)19-18(20)11-7-14-6-10-16(21-2)12-17(14)22-3/h6-7,10-13,15H,4-5,8-9H2,1-3H3,(H,19,20)/b11-7+. The predicted octanol–water partition coefficient (Wildman–Crippen LogP) is 3.41. The van der Waals surface area contributed by atoms with Gasteiger partial charge in [-0.05, 0) is 49.8 Å². The first kappa shape index (κ1) is 16.4.